The molecular weight excluding hydrogens is 985 g/mol. The molecule has 3 unspecified atom stereocenters. The zero-order chi connectivity index (χ0) is 54.7. The molecule has 0 radical (unpaired) electrons. The minimum absolute atomic E-state index is 0.288. The van der Waals surface area contributed by atoms with Crippen LogP contribution in [0.3, 0.4) is 0 Å². The maximum atomic E-state index is 13.6. The van der Waals surface area contributed by atoms with Crippen LogP contribution in [0.2, 0.25) is 0 Å². The number of fused-ring (bicyclic) bond motifs is 6. The van der Waals surface area contributed by atoms with Gasteiger partial charge in [-0.1, -0.05) is 156 Å². The highest BCUT2D eigenvalue weighted by atomic mass is 16.7. The van der Waals surface area contributed by atoms with Gasteiger partial charge in [0.2, 0.25) is 0 Å². The van der Waals surface area contributed by atoms with Crippen molar-refractivity contribution in [1.29, 1.82) is 0 Å². The number of aliphatic hydroxyl groups is 9. The Hall–Kier alpha value is -2.19. The smallest absolute Gasteiger partial charge is 0.308 e. The first-order valence-corrected chi connectivity index (χ1v) is 28.6. The van der Waals surface area contributed by atoms with Gasteiger partial charge in [-0.05, 0) is 19.3 Å². The van der Waals surface area contributed by atoms with E-state index in [2.05, 4.69) is 20.8 Å². The zero-order valence-corrected chi connectivity index (χ0v) is 45.0. The standard InChI is InChI=1S/C54H96O21/c1-4-7-10-13-16-19-22-25-34-28-40(55)67-31-38-44(59)47(62)50(65)53(74-38)71-36(27-24-21-18-15-12-9-6-3)30-42(57)69-33-39-45(60)48(63)51(66)54(75-39)72-35(26-23-20-17-14-11-8-5-2)29-41(56)68-32-37-43(58)46(61)49(64)52(70-34)73-37/h34-39,43-54,58-66H,4-33H2,1-3H3/t34?,35?,36?,37-,38-,39-,43+,44+,45+,46+,47+,48+,49-,50-,51-,52-,53-,54-/m1/s1. The number of ether oxygens (including phenoxy) is 9. The van der Waals surface area contributed by atoms with E-state index in [4.69, 9.17) is 42.6 Å². The minimum Gasteiger partial charge on any atom is -0.463 e. The molecule has 4 aliphatic heterocycles. The fraction of sp³-hybridized carbons (Fsp3) is 0.944. The Kier molecular flexibility index (Phi) is 31.5. The topological polar surface area (TPSA) is 316 Å². The molecule has 4 fully saturated rings. The molecule has 21 heteroatoms. The van der Waals surface area contributed by atoms with Gasteiger partial charge in [0.05, 0.1) is 37.6 Å². The Balaban J connectivity index is 1.61. The van der Waals surface area contributed by atoms with Crippen molar-refractivity contribution >= 4 is 17.9 Å². The van der Waals surface area contributed by atoms with Crippen molar-refractivity contribution in [2.45, 2.75) is 305 Å². The Bertz CT molecular complexity index is 1380. The molecular formula is C54H96O21. The highest BCUT2D eigenvalue weighted by molar-refractivity contribution is 5.70. The average molecular weight is 1080 g/mol. The van der Waals surface area contributed by atoms with Crippen molar-refractivity contribution in [3.63, 3.8) is 0 Å². The van der Waals surface area contributed by atoms with E-state index < -0.39 is 167 Å². The third-order valence-corrected chi connectivity index (χ3v) is 14.8. The van der Waals surface area contributed by atoms with Gasteiger partial charge in [0, 0.05) is 0 Å². The lowest BCUT2D eigenvalue weighted by molar-refractivity contribution is -0.314. The predicted octanol–water partition coefficient (Wildman–Crippen LogP) is 3.80. The lowest BCUT2D eigenvalue weighted by Gasteiger charge is -2.41. The molecule has 438 valence electrons. The number of esters is 3. The third kappa shape index (κ3) is 22.8. The summed E-state index contributed by atoms with van der Waals surface area (Å²) in [5.74, 6) is -2.47. The van der Waals surface area contributed by atoms with Crippen LogP contribution in [0.4, 0.5) is 0 Å². The van der Waals surface area contributed by atoms with E-state index in [1.165, 1.54) is 0 Å². The van der Waals surface area contributed by atoms with E-state index in [0.29, 0.717) is 19.3 Å². The normalized spacial score (nSPS) is 36.2. The second-order valence-electron chi connectivity index (χ2n) is 21.2. The summed E-state index contributed by atoms with van der Waals surface area (Å²) >= 11 is 0. The van der Waals surface area contributed by atoms with Crippen LogP contribution in [0.15, 0.2) is 0 Å². The number of unbranched alkanes of at least 4 members (excludes halogenated alkanes) is 18. The first-order chi connectivity index (χ1) is 36.1. The van der Waals surface area contributed by atoms with E-state index in [-0.39, 0.29) is 19.3 Å². The Labute approximate surface area is 444 Å². The number of hydrogen-bond donors (Lipinski definition) is 9. The van der Waals surface area contributed by atoms with Crippen LogP contribution in [-0.2, 0) is 57.0 Å². The van der Waals surface area contributed by atoms with E-state index in [9.17, 15) is 60.3 Å². The summed E-state index contributed by atoms with van der Waals surface area (Å²) in [7, 11) is 0. The van der Waals surface area contributed by atoms with Gasteiger partial charge in [-0.25, -0.2) is 0 Å². The fourth-order valence-corrected chi connectivity index (χ4v) is 9.97. The molecule has 0 spiro atoms. The third-order valence-electron chi connectivity index (χ3n) is 14.8. The maximum Gasteiger partial charge on any atom is 0.308 e. The van der Waals surface area contributed by atoms with E-state index in [1.807, 2.05) is 0 Å². The first kappa shape index (κ1) is 65.3. The highest BCUT2D eigenvalue weighted by Crippen LogP contribution is 2.30. The van der Waals surface area contributed by atoms with Crippen molar-refractivity contribution < 1.29 is 103 Å². The maximum absolute atomic E-state index is 13.6. The number of carbonyl (C=O) groups excluding carboxylic acids is 3. The molecule has 0 amide bonds. The minimum atomic E-state index is -1.82. The second kappa shape index (κ2) is 36.1. The van der Waals surface area contributed by atoms with E-state index in [0.717, 1.165) is 116 Å². The average Bonchev–Trinajstić information content (AvgIpc) is 3.38. The molecule has 0 aliphatic carbocycles. The molecule has 4 saturated heterocycles. The lowest BCUT2D eigenvalue weighted by Crippen LogP contribution is -2.60. The largest absolute Gasteiger partial charge is 0.463 e. The SMILES string of the molecule is CCCCCCCCCC1CC(=O)OC[C@H]2O[C@@H](OC(CCCCCCCCC)CC(=O)OC[C@H]3O[C@@H](OC(CCCCCCCCC)CC(=O)OC[C@H]4O[C@@H](O1)[C@H](O)[C@@H](O)[C@H]4O)[C@H](O)[C@@H](O)[C@H]3O)[C@H](O)[C@@H](O)[C@H]2O. The summed E-state index contributed by atoms with van der Waals surface area (Å²) < 4.78 is 52.9. The monoisotopic (exact) mass is 1080 g/mol. The molecule has 21 nitrogen and oxygen atoms in total. The zero-order valence-electron chi connectivity index (χ0n) is 45.0. The van der Waals surface area contributed by atoms with Crippen molar-refractivity contribution in [1.82, 2.24) is 0 Å². The molecule has 6 bridgehead atoms. The van der Waals surface area contributed by atoms with Crippen LogP contribution in [0.5, 0.6) is 0 Å². The summed E-state index contributed by atoms with van der Waals surface area (Å²) in [6.07, 6.45) is -8.42. The summed E-state index contributed by atoms with van der Waals surface area (Å²) in [4.78, 5) is 40.7. The molecule has 4 rings (SSSR count). The van der Waals surface area contributed by atoms with Gasteiger partial charge < -0.3 is 88.6 Å². The Morgan fingerprint density at radius 3 is 0.773 bits per heavy atom. The van der Waals surface area contributed by atoms with Crippen LogP contribution in [0.1, 0.15) is 194 Å². The van der Waals surface area contributed by atoms with Gasteiger partial charge >= 0.3 is 17.9 Å². The quantitative estimate of drug-likeness (QED) is 0.0377. The molecule has 0 saturated carbocycles. The van der Waals surface area contributed by atoms with Gasteiger partial charge in [-0.3, -0.25) is 14.4 Å². The molecule has 4 aliphatic rings. The molecule has 9 N–H and O–H groups in total. The molecule has 0 aromatic carbocycles. The van der Waals surface area contributed by atoms with Crippen molar-refractivity contribution in [3.8, 4) is 0 Å². The van der Waals surface area contributed by atoms with Crippen molar-refractivity contribution in [3.05, 3.63) is 0 Å². The first-order valence-electron chi connectivity index (χ1n) is 28.6. The number of rotatable bonds is 24. The number of hydrogen-bond acceptors (Lipinski definition) is 21. The molecule has 75 heavy (non-hydrogen) atoms. The Morgan fingerprint density at radius 2 is 0.533 bits per heavy atom. The van der Waals surface area contributed by atoms with E-state index >= 15 is 0 Å². The molecule has 0 aromatic rings. The highest BCUT2D eigenvalue weighted by Gasteiger charge is 2.49. The van der Waals surface area contributed by atoms with Crippen molar-refractivity contribution in [2.24, 2.45) is 0 Å². The lowest BCUT2D eigenvalue weighted by atomic mass is 9.98. The molecule has 18 atom stereocenters. The van der Waals surface area contributed by atoms with Crippen LogP contribution in [-0.4, -0.2) is 194 Å². The van der Waals surface area contributed by atoms with Crippen LogP contribution in [0, 0.1) is 0 Å². The van der Waals surface area contributed by atoms with Crippen LogP contribution >= 0.6 is 0 Å². The van der Waals surface area contributed by atoms with E-state index in [1.54, 1.807) is 0 Å². The number of aliphatic hydroxyl groups excluding tert-OH is 9. The van der Waals surface area contributed by atoms with Gasteiger partial charge in [-0.2, -0.15) is 0 Å². The van der Waals surface area contributed by atoms with Gasteiger partial charge in [0.15, 0.2) is 18.9 Å². The second-order valence-corrected chi connectivity index (χ2v) is 21.2. The van der Waals surface area contributed by atoms with Gasteiger partial charge in [-0.15, -0.1) is 0 Å². The van der Waals surface area contributed by atoms with Crippen LogP contribution in [0.25, 0.3) is 0 Å². The van der Waals surface area contributed by atoms with Crippen LogP contribution < -0.4 is 0 Å². The van der Waals surface area contributed by atoms with Gasteiger partial charge in [0.25, 0.3) is 0 Å². The Morgan fingerprint density at radius 1 is 0.307 bits per heavy atom. The van der Waals surface area contributed by atoms with Crippen molar-refractivity contribution in [2.75, 3.05) is 19.8 Å². The number of carbonyl (C=O) groups is 3. The summed E-state index contributed by atoms with van der Waals surface area (Å²) in [5, 5.41) is 99.2. The fourth-order valence-electron chi connectivity index (χ4n) is 9.97. The molecule has 0 aromatic heterocycles. The molecule has 4 heterocycles. The summed E-state index contributed by atoms with van der Waals surface area (Å²) in [6, 6.07) is 0. The predicted molar refractivity (Wildman–Crippen MR) is 269 cm³/mol. The summed E-state index contributed by atoms with van der Waals surface area (Å²) in [6.45, 7) is 4.57. The number of cyclic esters (lactones) is 3. The van der Waals surface area contributed by atoms with Gasteiger partial charge in [0.1, 0.15) is 93.1 Å². The summed E-state index contributed by atoms with van der Waals surface area (Å²) in [5.41, 5.74) is 0.